The number of methoxy groups -OCH3 is 2. The maximum Gasteiger partial charge on any atom is 0.277 e. The molecule has 0 saturated carbocycles. The second-order valence-electron chi connectivity index (χ2n) is 7.72. The topological polar surface area (TPSA) is 77.0 Å². The molecule has 1 atom stereocenters. The summed E-state index contributed by atoms with van der Waals surface area (Å²) in [6.07, 6.45) is 7.17. The van der Waals surface area contributed by atoms with Crippen molar-refractivity contribution in [2.45, 2.75) is 20.8 Å². The minimum atomic E-state index is -0.416. The zero-order valence-electron chi connectivity index (χ0n) is 16.7. The molecule has 1 aliphatic carbocycles. The van der Waals surface area contributed by atoms with Crippen molar-refractivity contribution in [2.75, 3.05) is 14.2 Å². The number of ether oxygens (including phenoxy) is 2. The molecule has 1 heterocycles. The summed E-state index contributed by atoms with van der Waals surface area (Å²) in [5.74, 6) is 0.426. The maximum atomic E-state index is 12.6. The Hall–Kier alpha value is -3.15. The summed E-state index contributed by atoms with van der Waals surface area (Å²) < 4.78 is 10.4. The number of nitrogens with zero attached hydrogens (tertiary/aromatic N) is 1. The molecule has 0 fully saturated rings. The number of rotatable bonds is 3. The highest BCUT2D eigenvalue weighted by Gasteiger charge is 2.32. The first kappa shape index (κ1) is 19.6. The van der Waals surface area contributed by atoms with Crippen LogP contribution in [0.25, 0.3) is 0 Å². The van der Waals surface area contributed by atoms with Gasteiger partial charge in [0.2, 0.25) is 5.91 Å². The third-order valence-corrected chi connectivity index (χ3v) is 4.68. The van der Waals surface area contributed by atoms with E-state index in [1.54, 1.807) is 36.4 Å². The Morgan fingerprint density at radius 1 is 1.07 bits per heavy atom. The van der Waals surface area contributed by atoms with E-state index in [0.717, 1.165) is 11.3 Å². The predicted molar refractivity (Wildman–Crippen MR) is 108 cm³/mol. The van der Waals surface area contributed by atoms with E-state index in [1.165, 1.54) is 14.2 Å². The van der Waals surface area contributed by atoms with Gasteiger partial charge in [-0.2, -0.15) is 0 Å². The van der Waals surface area contributed by atoms with Gasteiger partial charge in [-0.1, -0.05) is 26.8 Å². The maximum absolute atomic E-state index is 12.6. The first-order chi connectivity index (χ1) is 13.2. The van der Waals surface area contributed by atoms with Gasteiger partial charge in [0.25, 0.3) is 5.91 Å². The summed E-state index contributed by atoms with van der Waals surface area (Å²) in [6.45, 7) is 6.23. The SMILES string of the molecule is COc1cc(OC)cc(C(=O)N=C2C=CC3C(=C2)NC(=O)C=C3C(C)(C)C)c1. The van der Waals surface area contributed by atoms with Crippen LogP contribution < -0.4 is 14.8 Å². The number of amides is 2. The number of benzene rings is 1. The van der Waals surface area contributed by atoms with Gasteiger partial charge in [-0.3, -0.25) is 9.59 Å². The van der Waals surface area contributed by atoms with Gasteiger partial charge in [0, 0.05) is 29.3 Å². The zero-order chi connectivity index (χ0) is 20.5. The molecule has 0 spiro atoms. The Morgan fingerprint density at radius 3 is 2.29 bits per heavy atom. The standard InChI is InChI=1S/C22H24N2O4/c1-22(2,3)18-12-20(25)24-19-10-14(6-7-17(18)19)23-21(26)13-8-15(27-4)11-16(9-13)28-5/h6-12,17H,1-5H3,(H,24,25). The fourth-order valence-electron chi connectivity index (χ4n) is 3.26. The second kappa shape index (κ2) is 7.46. The van der Waals surface area contributed by atoms with Crippen molar-refractivity contribution in [3.05, 3.63) is 59.3 Å². The molecule has 1 unspecified atom stereocenters. The van der Waals surface area contributed by atoms with E-state index in [9.17, 15) is 9.59 Å². The largest absolute Gasteiger partial charge is 0.497 e. The fraction of sp³-hybridized carbons (Fsp3) is 0.318. The van der Waals surface area contributed by atoms with E-state index in [2.05, 4.69) is 31.1 Å². The molecule has 1 aromatic rings. The monoisotopic (exact) mass is 380 g/mol. The van der Waals surface area contributed by atoms with Gasteiger partial charge in [0.1, 0.15) is 11.5 Å². The van der Waals surface area contributed by atoms with Gasteiger partial charge < -0.3 is 14.8 Å². The van der Waals surface area contributed by atoms with Gasteiger partial charge in [-0.15, -0.1) is 0 Å². The molecule has 146 valence electrons. The van der Waals surface area contributed by atoms with E-state index in [-0.39, 0.29) is 17.2 Å². The molecule has 0 radical (unpaired) electrons. The van der Waals surface area contributed by atoms with Crippen molar-refractivity contribution in [3.8, 4) is 11.5 Å². The van der Waals surface area contributed by atoms with Crippen LogP contribution in [0.2, 0.25) is 0 Å². The van der Waals surface area contributed by atoms with Crippen LogP contribution in [-0.2, 0) is 4.79 Å². The zero-order valence-corrected chi connectivity index (χ0v) is 16.7. The van der Waals surface area contributed by atoms with Crippen LogP contribution >= 0.6 is 0 Å². The van der Waals surface area contributed by atoms with Crippen molar-refractivity contribution in [1.29, 1.82) is 0 Å². The summed E-state index contributed by atoms with van der Waals surface area (Å²) in [7, 11) is 3.05. The number of carbonyl (C=O) groups excluding carboxylic acids is 2. The normalized spacial score (nSPS) is 20.1. The van der Waals surface area contributed by atoms with Gasteiger partial charge in [0.05, 0.1) is 19.9 Å². The average molecular weight is 380 g/mol. The molecule has 2 aliphatic rings. The first-order valence-corrected chi connectivity index (χ1v) is 9.00. The fourth-order valence-corrected chi connectivity index (χ4v) is 3.26. The summed E-state index contributed by atoms with van der Waals surface area (Å²) in [6, 6.07) is 4.91. The second-order valence-corrected chi connectivity index (χ2v) is 7.72. The molecular formula is C22H24N2O4. The number of allylic oxidation sites excluding steroid dienone is 3. The number of aliphatic imine (C=N–C) groups is 1. The van der Waals surface area contributed by atoms with E-state index in [1.807, 2.05) is 6.08 Å². The van der Waals surface area contributed by atoms with E-state index < -0.39 is 5.91 Å². The van der Waals surface area contributed by atoms with Crippen molar-refractivity contribution in [1.82, 2.24) is 5.32 Å². The molecule has 3 rings (SSSR count). The van der Waals surface area contributed by atoms with Gasteiger partial charge >= 0.3 is 0 Å². The highest BCUT2D eigenvalue weighted by Crippen LogP contribution is 2.38. The lowest BCUT2D eigenvalue weighted by molar-refractivity contribution is -0.116. The minimum absolute atomic E-state index is 0.0244. The molecule has 1 aliphatic heterocycles. The Kier molecular flexibility index (Phi) is 5.23. The molecule has 1 N–H and O–H groups in total. The smallest absolute Gasteiger partial charge is 0.277 e. The minimum Gasteiger partial charge on any atom is -0.497 e. The Morgan fingerprint density at radius 2 is 1.71 bits per heavy atom. The Labute approximate surface area is 164 Å². The molecule has 0 saturated heterocycles. The summed E-state index contributed by atoms with van der Waals surface area (Å²) in [5.41, 5.74) is 2.46. The lowest BCUT2D eigenvalue weighted by Crippen LogP contribution is -2.36. The Balaban J connectivity index is 1.91. The van der Waals surface area contributed by atoms with E-state index >= 15 is 0 Å². The lowest BCUT2D eigenvalue weighted by atomic mass is 9.74. The quantitative estimate of drug-likeness (QED) is 0.871. The summed E-state index contributed by atoms with van der Waals surface area (Å²) in [4.78, 5) is 28.9. The number of hydrogen-bond acceptors (Lipinski definition) is 4. The molecular weight excluding hydrogens is 356 g/mol. The van der Waals surface area contributed by atoms with Crippen molar-refractivity contribution < 1.29 is 19.1 Å². The van der Waals surface area contributed by atoms with Crippen LogP contribution in [-0.4, -0.2) is 31.7 Å². The first-order valence-electron chi connectivity index (χ1n) is 9.00. The lowest BCUT2D eigenvalue weighted by Gasteiger charge is -2.34. The molecule has 6 nitrogen and oxygen atoms in total. The van der Waals surface area contributed by atoms with Crippen molar-refractivity contribution in [2.24, 2.45) is 16.3 Å². The molecule has 6 heteroatoms. The van der Waals surface area contributed by atoms with Crippen molar-refractivity contribution >= 4 is 17.5 Å². The number of fused-ring (bicyclic) bond motifs is 1. The number of nitrogens with one attached hydrogen (secondary N) is 1. The predicted octanol–water partition coefficient (Wildman–Crippen LogP) is 3.46. The Bertz CT molecular complexity index is 924. The molecule has 2 amide bonds. The molecule has 0 aromatic heterocycles. The van der Waals surface area contributed by atoms with E-state index in [4.69, 9.17) is 9.47 Å². The van der Waals surface area contributed by atoms with Crippen LogP contribution in [0.1, 0.15) is 31.1 Å². The van der Waals surface area contributed by atoms with Crippen LogP contribution in [0, 0.1) is 11.3 Å². The number of carbonyl (C=O) groups is 2. The third-order valence-electron chi connectivity index (χ3n) is 4.68. The van der Waals surface area contributed by atoms with Crippen LogP contribution in [0.5, 0.6) is 11.5 Å². The van der Waals surface area contributed by atoms with Crippen LogP contribution in [0.4, 0.5) is 0 Å². The summed E-state index contributed by atoms with van der Waals surface area (Å²) in [5, 5.41) is 2.86. The van der Waals surface area contributed by atoms with Crippen LogP contribution in [0.3, 0.4) is 0 Å². The van der Waals surface area contributed by atoms with E-state index in [0.29, 0.717) is 22.8 Å². The van der Waals surface area contributed by atoms with Gasteiger partial charge in [-0.05, 0) is 35.3 Å². The molecule has 0 bridgehead atoms. The summed E-state index contributed by atoms with van der Waals surface area (Å²) >= 11 is 0. The highest BCUT2D eigenvalue weighted by atomic mass is 16.5. The number of hydrogen-bond donors (Lipinski definition) is 1. The van der Waals surface area contributed by atoms with Crippen molar-refractivity contribution in [3.63, 3.8) is 0 Å². The average Bonchev–Trinajstić information content (AvgIpc) is 2.65. The third kappa shape index (κ3) is 4.06. The highest BCUT2D eigenvalue weighted by molar-refractivity contribution is 6.14. The molecule has 1 aromatic carbocycles. The molecule has 28 heavy (non-hydrogen) atoms. The van der Waals surface area contributed by atoms with Crippen LogP contribution in [0.15, 0.2) is 58.8 Å². The van der Waals surface area contributed by atoms with Gasteiger partial charge in [-0.25, -0.2) is 4.99 Å². The van der Waals surface area contributed by atoms with Gasteiger partial charge in [0.15, 0.2) is 0 Å².